The first-order valence-corrected chi connectivity index (χ1v) is 11.8. The minimum absolute atomic E-state index is 0.149. The van der Waals surface area contributed by atoms with Crippen molar-refractivity contribution in [3.05, 3.63) is 59.2 Å². The monoisotopic (exact) mass is 454 g/mol. The molecule has 0 bridgehead atoms. The smallest absolute Gasteiger partial charge is 0.341 e. The molecule has 1 amide bonds. The molecule has 0 aliphatic carbocycles. The van der Waals surface area contributed by atoms with Gasteiger partial charge in [-0.1, -0.05) is 44.2 Å². The minimum Gasteiger partial charge on any atom is -0.506 e. The molecule has 0 saturated carbocycles. The Morgan fingerprint density at radius 3 is 2.34 bits per heavy atom. The van der Waals surface area contributed by atoms with Gasteiger partial charge in [0.1, 0.15) is 16.3 Å². The number of esters is 1. The molecule has 7 heteroatoms. The van der Waals surface area contributed by atoms with Crippen molar-refractivity contribution in [3.8, 4) is 5.75 Å². The highest BCUT2D eigenvalue weighted by Gasteiger charge is 2.25. The van der Waals surface area contributed by atoms with Crippen LogP contribution in [0, 0.1) is 0 Å². The highest BCUT2D eigenvalue weighted by Crippen LogP contribution is 2.43. The fourth-order valence-corrected chi connectivity index (χ4v) is 4.87. The number of rotatable bonds is 10. The van der Waals surface area contributed by atoms with E-state index in [-0.39, 0.29) is 23.8 Å². The first kappa shape index (κ1) is 23.8. The number of hydrogen-bond donors (Lipinski definition) is 2. The second-order valence-electron chi connectivity index (χ2n) is 7.57. The average Bonchev–Trinajstić information content (AvgIpc) is 3.15. The van der Waals surface area contributed by atoms with E-state index in [9.17, 15) is 14.7 Å². The fraction of sp³-hybridized carbons (Fsp3) is 0.360. The van der Waals surface area contributed by atoms with E-state index in [1.54, 1.807) is 31.2 Å². The summed E-state index contributed by atoms with van der Waals surface area (Å²) >= 11 is 1.19. The van der Waals surface area contributed by atoms with Gasteiger partial charge in [-0.3, -0.25) is 9.69 Å². The van der Waals surface area contributed by atoms with Crippen LogP contribution in [0.25, 0.3) is 10.1 Å². The molecular formula is C25H30N2O4S. The molecule has 170 valence electrons. The second-order valence-corrected chi connectivity index (χ2v) is 8.59. The molecule has 0 spiro atoms. The molecule has 3 rings (SSSR count). The number of fused-ring (bicyclic) bond motifs is 1. The number of benzene rings is 2. The summed E-state index contributed by atoms with van der Waals surface area (Å²) in [4.78, 5) is 27.8. The van der Waals surface area contributed by atoms with Crippen LogP contribution in [0.5, 0.6) is 5.75 Å². The van der Waals surface area contributed by atoms with Crippen molar-refractivity contribution in [2.24, 2.45) is 0 Å². The van der Waals surface area contributed by atoms with Crippen LogP contribution in [0.1, 0.15) is 59.9 Å². The number of phenols is 1. The number of hydrogen-bond acceptors (Lipinski definition) is 6. The fourth-order valence-electron chi connectivity index (χ4n) is 3.72. The molecule has 32 heavy (non-hydrogen) atoms. The van der Waals surface area contributed by atoms with Gasteiger partial charge in [0, 0.05) is 23.1 Å². The van der Waals surface area contributed by atoms with Gasteiger partial charge in [-0.2, -0.15) is 0 Å². The molecule has 0 fully saturated rings. The van der Waals surface area contributed by atoms with Gasteiger partial charge in [0.2, 0.25) is 0 Å². The van der Waals surface area contributed by atoms with Crippen molar-refractivity contribution in [2.45, 2.75) is 40.2 Å². The zero-order chi connectivity index (χ0) is 23.1. The lowest BCUT2D eigenvalue weighted by atomic mass is 10.1. The first-order valence-electron chi connectivity index (χ1n) is 11.0. The zero-order valence-corrected chi connectivity index (χ0v) is 19.6. The number of ether oxygens (including phenoxy) is 1. The van der Waals surface area contributed by atoms with Gasteiger partial charge in [0.25, 0.3) is 5.91 Å². The number of phenolic OH excluding ortho intramolecular Hbond substituents is 1. The molecule has 2 N–H and O–H groups in total. The summed E-state index contributed by atoms with van der Waals surface area (Å²) in [5.41, 5.74) is 1.56. The topological polar surface area (TPSA) is 78.9 Å². The number of thiophene rings is 1. The maximum Gasteiger partial charge on any atom is 0.341 e. The second kappa shape index (κ2) is 11.1. The molecule has 1 heterocycles. The van der Waals surface area contributed by atoms with Crippen LogP contribution in [-0.4, -0.2) is 41.6 Å². The molecular weight excluding hydrogens is 424 g/mol. The maximum atomic E-state index is 12.7. The van der Waals surface area contributed by atoms with Crippen molar-refractivity contribution in [3.63, 3.8) is 0 Å². The van der Waals surface area contributed by atoms with Crippen LogP contribution in [0.15, 0.2) is 42.5 Å². The normalized spacial score (nSPS) is 11.1. The van der Waals surface area contributed by atoms with Crippen LogP contribution in [-0.2, 0) is 11.3 Å². The predicted octanol–water partition coefficient (Wildman–Crippen LogP) is 5.66. The largest absolute Gasteiger partial charge is 0.506 e. The van der Waals surface area contributed by atoms with Crippen LogP contribution in [0.3, 0.4) is 0 Å². The summed E-state index contributed by atoms with van der Waals surface area (Å²) in [6.45, 7) is 8.75. The highest BCUT2D eigenvalue weighted by molar-refractivity contribution is 7.24. The maximum absolute atomic E-state index is 12.7. The Morgan fingerprint density at radius 2 is 1.72 bits per heavy atom. The summed E-state index contributed by atoms with van der Waals surface area (Å²) in [7, 11) is 0. The number of nitrogens with zero attached hydrogens (tertiary/aromatic N) is 1. The van der Waals surface area contributed by atoms with Crippen LogP contribution in [0.2, 0.25) is 0 Å². The van der Waals surface area contributed by atoms with E-state index in [1.165, 1.54) is 11.3 Å². The third-order valence-electron chi connectivity index (χ3n) is 5.13. The molecule has 0 aliphatic heterocycles. The molecule has 1 aromatic heterocycles. The molecule has 0 saturated heterocycles. The van der Waals surface area contributed by atoms with E-state index in [4.69, 9.17) is 4.74 Å². The lowest BCUT2D eigenvalue weighted by Crippen LogP contribution is -2.24. The number of carbonyl (C=O) groups excluding carboxylic acids is 2. The third kappa shape index (κ3) is 5.29. The van der Waals surface area contributed by atoms with E-state index >= 15 is 0 Å². The Kier molecular flexibility index (Phi) is 8.25. The van der Waals surface area contributed by atoms with Gasteiger partial charge in [-0.25, -0.2) is 4.79 Å². The van der Waals surface area contributed by atoms with Crippen molar-refractivity contribution in [2.75, 3.05) is 25.0 Å². The average molecular weight is 455 g/mol. The van der Waals surface area contributed by atoms with Crippen LogP contribution in [0.4, 0.5) is 5.00 Å². The standard InChI is InChI=1S/C25H30N2O4S/c1-4-14-27(15-5-2)16-18-12-13-19-20(25(30)31-6-3)24(32-22(19)21(18)28)26-23(29)17-10-8-7-9-11-17/h7-13,28H,4-6,14-16H2,1-3H3,(H,26,29). The predicted molar refractivity (Wildman–Crippen MR) is 130 cm³/mol. The summed E-state index contributed by atoms with van der Waals surface area (Å²) in [6.07, 6.45) is 2.06. The molecule has 2 aromatic carbocycles. The minimum atomic E-state index is -0.521. The van der Waals surface area contributed by atoms with E-state index in [0.29, 0.717) is 27.2 Å². The Morgan fingerprint density at radius 1 is 1.03 bits per heavy atom. The van der Waals surface area contributed by atoms with Gasteiger partial charge < -0.3 is 15.2 Å². The molecule has 0 unspecified atom stereocenters. The van der Waals surface area contributed by atoms with Crippen LogP contribution < -0.4 is 5.32 Å². The molecule has 3 aromatic rings. The van der Waals surface area contributed by atoms with E-state index in [0.717, 1.165) is 31.5 Å². The number of amides is 1. The number of aromatic hydroxyl groups is 1. The van der Waals surface area contributed by atoms with Crippen molar-refractivity contribution in [1.82, 2.24) is 4.90 Å². The number of anilines is 1. The van der Waals surface area contributed by atoms with E-state index < -0.39 is 5.97 Å². The van der Waals surface area contributed by atoms with Crippen molar-refractivity contribution >= 4 is 38.3 Å². The Hall–Kier alpha value is -2.90. The van der Waals surface area contributed by atoms with E-state index in [2.05, 4.69) is 24.1 Å². The highest BCUT2D eigenvalue weighted by atomic mass is 32.1. The summed E-state index contributed by atoms with van der Waals surface area (Å²) < 4.78 is 5.82. The zero-order valence-electron chi connectivity index (χ0n) is 18.8. The van der Waals surface area contributed by atoms with E-state index in [1.807, 2.05) is 18.2 Å². The molecule has 6 nitrogen and oxygen atoms in total. The Labute approximate surface area is 192 Å². The quantitative estimate of drug-likeness (QED) is 0.387. The molecule has 0 aliphatic rings. The van der Waals surface area contributed by atoms with Crippen molar-refractivity contribution in [1.29, 1.82) is 0 Å². The summed E-state index contributed by atoms with van der Waals surface area (Å²) in [6, 6.07) is 12.5. The van der Waals surface area contributed by atoms with Gasteiger partial charge in [0.05, 0.1) is 11.3 Å². The first-order chi connectivity index (χ1) is 15.5. The SMILES string of the molecule is CCCN(CCC)Cc1ccc2c(C(=O)OCC)c(NC(=O)c3ccccc3)sc2c1O. The molecule has 0 radical (unpaired) electrons. The van der Waals surface area contributed by atoms with Crippen molar-refractivity contribution < 1.29 is 19.4 Å². The summed E-state index contributed by atoms with van der Waals surface area (Å²) in [5, 5.41) is 14.8. The number of carbonyl (C=O) groups is 2. The van der Waals surface area contributed by atoms with Gasteiger partial charge in [-0.05, 0) is 45.0 Å². The van der Waals surface area contributed by atoms with Gasteiger partial charge in [-0.15, -0.1) is 11.3 Å². The van der Waals surface area contributed by atoms with Gasteiger partial charge in [0.15, 0.2) is 0 Å². The number of nitrogens with one attached hydrogen (secondary N) is 1. The Balaban J connectivity index is 2.02. The third-order valence-corrected chi connectivity index (χ3v) is 6.26. The Bertz CT molecular complexity index is 1070. The lowest BCUT2D eigenvalue weighted by molar-refractivity contribution is 0.0530. The van der Waals surface area contributed by atoms with Gasteiger partial charge >= 0.3 is 5.97 Å². The van der Waals surface area contributed by atoms with Crippen LogP contribution >= 0.6 is 11.3 Å². The lowest BCUT2D eigenvalue weighted by Gasteiger charge is -2.21. The molecule has 0 atom stereocenters. The summed E-state index contributed by atoms with van der Waals surface area (Å²) in [5.74, 6) is -0.692.